The van der Waals surface area contributed by atoms with E-state index < -0.39 is 11.1 Å². The first-order valence-corrected chi connectivity index (χ1v) is 12.8. The summed E-state index contributed by atoms with van der Waals surface area (Å²) in [6, 6.07) is 15.4. The quantitative estimate of drug-likeness (QED) is 0.455. The van der Waals surface area contributed by atoms with E-state index in [4.69, 9.17) is 4.55 Å². The molecule has 1 amide bonds. The Morgan fingerprint density at radius 1 is 1.29 bits per heavy atom. The largest absolute Gasteiger partial charge is 0.316 e. The van der Waals surface area contributed by atoms with E-state index in [1.807, 2.05) is 6.07 Å². The molecule has 0 saturated heterocycles. The van der Waals surface area contributed by atoms with Crippen LogP contribution in [-0.4, -0.2) is 25.6 Å². The van der Waals surface area contributed by atoms with Crippen molar-refractivity contribution in [1.82, 2.24) is 4.90 Å². The fourth-order valence-corrected chi connectivity index (χ4v) is 5.88. The smallest absolute Gasteiger partial charge is 0.229 e. The third-order valence-electron chi connectivity index (χ3n) is 5.99. The highest BCUT2D eigenvalue weighted by atomic mass is 32.2. The maximum atomic E-state index is 13.7. The van der Waals surface area contributed by atoms with E-state index in [0.717, 1.165) is 28.8 Å². The van der Waals surface area contributed by atoms with Crippen molar-refractivity contribution in [3.05, 3.63) is 81.5 Å². The second kappa shape index (κ2) is 10.6. The minimum Gasteiger partial charge on any atom is -0.316 e. The lowest BCUT2D eigenvalue weighted by Gasteiger charge is -2.35. The summed E-state index contributed by atoms with van der Waals surface area (Å²) in [5, 5.41) is 13.3. The maximum Gasteiger partial charge on any atom is 0.229 e. The summed E-state index contributed by atoms with van der Waals surface area (Å²) >= 11 is -0.613. The van der Waals surface area contributed by atoms with Crippen molar-refractivity contribution >= 4 is 33.3 Å². The van der Waals surface area contributed by atoms with Gasteiger partial charge < -0.3 is 9.87 Å². The first-order chi connectivity index (χ1) is 16.4. The first kappa shape index (κ1) is 24.2. The molecule has 6 nitrogen and oxygen atoms in total. The molecule has 0 fully saturated rings. The lowest BCUT2D eigenvalue weighted by atomic mass is 9.96. The van der Waals surface area contributed by atoms with Crippen LogP contribution in [0.1, 0.15) is 40.5 Å². The number of rotatable bonds is 7. The molecule has 2 N–H and O–H groups in total. The second-order valence-electron chi connectivity index (χ2n) is 8.24. The average molecular weight is 498 g/mol. The summed E-state index contributed by atoms with van der Waals surface area (Å²) < 4.78 is 33.9. The molecule has 4 rings (SSSR count). The van der Waals surface area contributed by atoms with Gasteiger partial charge in [0.15, 0.2) is 11.1 Å². The Balaban J connectivity index is 1.51. The molecule has 2 atom stereocenters. The van der Waals surface area contributed by atoms with Crippen LogP contribution >= 0.6 is 11.3 Å². The Bertz CT molecular complexity index is 1270. The average Bonchev–Trinajstić information content (AvgIpc) is 3.14. The van der Waals surface area contributed by atoms with E-state index in [1.165, 1.54) is 35.6 Å². The van der Waals surface area contributed by atoms with Gasteiger partial charge in [-0.2, -0.15) is 5.26 Å². The summed E-state index contributed by atoms with van der Waals surface area (Å²) in [7, 11) is 0. The molecule has 0 saturated carbocycles. The summed E-state index contributed by atoms with van der Waals surface area (Å²) in [4.78, 5) is 16.3. The minimum atomic E-state index is -2.06. The predicted octanol–water partition coefficient (Wildman–Crippen LogP) is 4.86. The number of hydrogen-bond donors (Lipinski definition) is 2. The van der Waals surface area contributed by atoms with Gasteiger partial charge in [-0.3, -0.25) is 9.69 Å². The van der Waals surface area contributed by atoms with E-state index in [-0.39, 0.29) is 29.1 Å². The van der Waals surface area contributed by atoms with Crippen LogP contribution in [0.25, 0.3) is 0 Å². The molecule has 2 heterocycles. The molecule has 1 aliphatic rings. The van der Waals surface area contributed by atoms with Crippen LogP contribution in [0.2, 0.25) is 0 Å². The van der Waals surface area contributed by atoms with E-state index in [1.54, 1.807) is 18.2 Å². The number of benzene rings is 2. The Labute approximate surface area is 204 Å². The zero-order valence-corrected chi connectivity index (χ0v) is 20.2. The standard InChI is InChI=1S/C25H24FN3O3S2/c1-2-19-12-23-22(15-29(19)14-17-4-3-5-18(26)10-17)21(13-27)25(33-23)28-24(30)11-16-6-8-20(9-7-16)34(31)32/h3-10,19H,2,11-12,14-15H2,1H3,(H,28,30)(H,31,32). The summed E-state index contributed by atoms with van der Waals surface area (Å²) in [6.45, 7) is 3.28. The molecule has 2 unspecified atom stereocenters. The van der Waals surface area contributed by atoms with E-state index >= 15 is 0 Å². The van der Waals surface area contributed by atoms with Crippen molar-refractivity contribution < 1.29 is 17.9 Å². The van der Waals surface area contributed by atoms with E-state index in [2.05, 4.69) is 23.2 Å². The molecule has 0 aliphatic carbocycles. The van der Waals surface area contributed by atoms with Gasteiger partial charge in [0.1, 0.15) is 16.9 Å². The fraction of sp³-hybridized carbons (Fsp3) is 0.280. The van der Waals surface area contributed by atoms with Crippen LogP contribution in [0, 0.1) is 17.1 Å². The minimum absolute atomic E-state index is 0.0923. The van der Waals surface area contributed by atoms with Crippen molar-refractivity contribution in [2.45, 2.75) is 50.2 Å². The van der Waals surface area contributed by atoms with Gasteiger partial charge >= 0.3 is 0 Å². The molecule has 176 valence electrons. The molecule has 2 aromatic carbocycles. The Morgan fingerprint density at radius 2 is 2.06 bits per heavy atom. The van der Waals surface area contributed by atoms with Crippen LogP contribution in [0.5, 0.6) is 0 Å². The predicted molar refractivity (Wildman–Crippen MR) is 130 cm³/mol. The second-order valence-corrected chi connectivity index (χ2v) is 10.3. The molecule has 0 radical (unpaired) electrons. The van der Waals surface area contributed by atoms with Gasteiger partial charge in [-0.15, -0.1) is 11.3 Å². The van der Waals surface area contributed by atoms with Gasteiger partial charge in [-0.05, 0) is 48.2 Å². The zero-order valence-electron chi connectivity index (χ0n) is 18.6. The van der Waals surface area contributed by atoms with Crippen molar-refractivity contribution in [3.63, 3.8) is 0 Å². The highest BCUT2D eigenvalue weighted by Gasteiger charge is 2.30. The van der Waals surface area contributed by atoms with Gasteiger partial charge in [0.25, 0.3) is 0 Å². The number of nitrogens with one attached hydrogen (secondary N) is 1. The Hall–Kier alpha value is -2.90. The number of nitriles is 1. The number of nitrogens with zero attached hydrogens (tertiary/aromatic N) is 2. The summed E-state index contributed by atoms with van der Waals surface area (Å²) in [6.07, 6.45) is 1.79. The van der Waals surface area contributed by atoms with Crippen LogP contribution < -0.4 is 5.32 Å². The number of fused-ring (bicyclic) bond motifs is 1. The molecule has 3 aromatic rings. The number of carbonyl (C=O) groups is 1. The number of thiophene rings is 1. The van der Waals surface area contributed by atoms with E-state index in [0.29, 0.717) is 29.2 Å². The summed E-state index contributed by atoms with van der Waals surface area (Å²) in [5.41, 5.74) is 3.01. The number of carbonyl (C=O) groups excluding carboxylic acids is 1. The normalized spacial score (nSPS) is 16.5. The SMILES string of the molecule is CCC1Cc2sc(NC(=O)Cc3ccc(S(=O)O)cc3)c(C#N)c2CN1Cc1cccc(F)c1. The summed E-state index contributed by atoms with van der Waals surface area (Å²) in [5.74, 6) is -0.516. The van der Waals surface area contributed by atoms with Crippen molar-refractivity contribution in [2.24, 2.45) is 0 Å². The van der Waals surface area contributed by atoms with Crippen molar-refractivity contribution in [1.29, 1.82) is 5.26 Å². The highest BCUT2D eigenvalue weighted by molar-refractivity contribution is 7.79. The fourth-order valence-electron chi connectivity index (χ4n) is 4.26. The third-order valence-corrected chi connectivity index (χ3v) is 7.83. The van der Waals surface area contributed by atoms with Crippen LogP contribution in [0.4, 0.5) is 9.39 Å². The van der Waals surface area contributed by atoms with Gasteiger partial charge in [0.2, 0.25) is 5.91 Å². The number of anilines is 1. The molecule has 0 spiro atoms. The van der Waals surface area contributed by atoms with Gasteiger partial charge in [0.05, 0.1) is 16.9 Å². The zero-order chi connectivity index (χ0) is 24.2. The molecule has 0 bridgehead atoms. The maximum absolute atomic E-state index is 13.7. The monoisotopic (exact) mass is 497 g/mol. The molecule has 9 heteroatoms. The van der Waals surface area contributed by atoms with Gasteiger partial charge in [-0.1, -0.05) is 31.2 Å². The number of halogens is 1. The van der Waals surface area contributed by atoms with Crippen molar-refractivity contribution in [2.75, 3.05) is 5.32 Å². The molecular formula is C25H24FN3O3S2. The van der Waals surface area contributed by atoms with Crippen molar-refractivity contribution in [3.8, 4) is 6.07 Å². The Morgan fingerprint density at radius 3 is 2.71 bits per heavy atom. The lowest BCUT2D eigenvalue weighted by Crippen LogP contribution is -2.39. The van der Waals surface area contributed by atoms with Crippen LogP contribution in [0.15, 0.2) is 53.4 Å². The highest BCUT2D eigenvalue weighted by Crippen LogP contribution is 2.39. The molecule has 1 aliphatic heterocycles. The molecule has 1 aromatic heterocycles. The molecular weight excluding hydrogens is 473 g/mol. The molecule has 34 heavy (non-hydrogen) atoms. The number of hydrogen-bond acceptors (Lipinski definition) is 5. The number of amides is 1. The van der Waals surface area contributed by atoms with Gasteiger partial charge in [-0.25, -0.2) is 8.60 Å². The first-order valence-electron chi connectivity index (χ1n) is 10.9. The van der Waals surface area contributed by atoms with E-state index in [9.17, 15) is 18.7 Å². The van der Waals surface area contributed by atoms with Crippen LogP contribution in [0.3, 0.4) is 0 Å². The Kier molecular flexibility index (Phi) is 7.54. The van der Waals surface area contributed by atoms with Crippen LogP contribution in [-0.2, 0) is 41.8 Å². The third kappa shape index (κ3) is 5.42. The lowest BCUT2D eigenvalue weighted by molar-refractivity contribution is -0.115. The van der Waals surface area contributed by atoms with Gasteiger partial charge in [0, 0.05) is 29.6 Å². The topological polar surface area (TPSA) is 93.4 Å².